The van der Waals surface area contributed by atoms with Gasteiger partial charge in [-0.2, -0.15) is 0 Å². The van der Waals surface area contributed by atoms with Crippen molar-refractivity contribution < 1.29 is 4.79 Å². The number of aromatic nitrogens is 2. The zero-order valence-electron chi connectivity index (χ0n) is 13.0. The smallest absolute Gasteiger partial charge is 0.270 e. The number of nitrogens with two attached hydrogens (primary N) is 1. The van der Waals surface area contributed by atoms with Crippen molar-refractivity contribution in [3.05, 3.63) is 46.0 Å². The largest absolute Gasteiger partial charge is 0.348 e. The summed E-state index contributed by atoms with van der Waals surface area (Å²) in [5.41, 5.74) is 6.88. The van der Waals surface area contributed by atoms with Gasteiger partial charge in [-0.3, -0.25) is 14.0 Å². The van der Waals surface area contributed by atoms with Crippen molar-refractivity contribution in [3.63, 3.8) is 0 Å². The fraction of sp³-hybridized carbons (Fsp3) is 0.438. The van der Waals surface area contributed by atoms with Gasteiger partial charge in [0.15, 0.2) is 0 Å². The summed E-state index contributed by atoms with van der Waals surface area (Å²) in [5.74, 6) is -0.418. The van der Waals surface area contributed by atoms with Crippen molar-refractivity contribution >= 4 is 11.6 Å². The van der Waals surface area contributed by atoms with E-state index in [4.69, 9.17) is 5.73 Å². The van der Waals surface area contributed by atoms with E-state index in [9.17, 15) is 9.59 Å². The SMILES string of the molecule is CCCCC(CN)NC(=O)c1cnc2cc(C)ccn2c1=O. The van der Waals surface area contributed by atoms with E-state index in [0.29, 0.717) is 12.2 Å². The first-order valence-electron chi connectivity index (χ1n) is 7.55. The number of hydrogen-bond acceptors (Lipinski definition) is 4. The van der Waals surface area contributed by atoms with Crippen LogP contribution in [0.2, 0.25) is 0 Å². The van der Waals surface area contributed by atoms with E-state index in [1.807, 2.05) is 13.0 Å². The third-order valence-corrected chi connectivity index (χ3v) is 3.64. The average Bonchev–Trinajstić information content (AvgIpc) is 2.51. The van der Waals surface area contributed by atoms with Crippen LogP contribution in [0, 0.1) is 6.92 Å². The van der Waals surface area contributed by atoms with Gasteiger partial charge in [-0.05, 0) is 31.0 Å². The fourth-order valence-electron chi connectivity index (χ4n) is 2.30. The molecule has 0 aliphatic carbocycles. The Bertz CT molecular complexity index is 724. The van der Waals surface area contributed by atoms with E-state index in [2.05, 4.69) is 17.2 Å². The molecule has 2 rings (SSSR count). The number of rotatable bonds is 6. The molecule has 0 bridgehead atoms. The predicted octanol–water partition coefficient (Wildman–Crippen LogP) is 1.25. The van der Waals surface area contributed by atoms with Crippen LogP contribution in [0.15, 0.2) is 29.3 Å². The first kappa shape index (κ1) is 16.2. The second-order valence-electron chi connectivity index (χ2n) is 5.46. The Kier molecular flexibility index (Phi) is 5.27. The van der Waals surface area contributed by atoms with E-state index in [-0.39, 0.29) is 17.2 Å². The lowest BCUT2D eigenvalue weighted by Gasteiger charge is -2.16. The Balaban J connectivity index is 2.26. The first-order chi connectivity index (χ1) is 10.6. The van der Waals surface area contributed by atoms with Crippen molar-refractivity contribution in [3.8, 4) is 0 Å². The zero-order valence-corrected chi connectivity index (χ0v) is 13.0. The van der Waals surface area contributed by atoms with Gasteiger partial charge in [-0.1, -0.05) is 19.8 Å². The first-order valence-corrected chi connectivity index (χ1v) is 7.55. The standard InChI is InChI=1S/C16H22N4O2/c1-3-4-5-12(9-17)19-15(21)13-10-18-14-8-11(2)6-7-20(14)16(13)22/h6-8,10,12H,3-5,9,17H2,1-2H3,(H,19,21). The van der Waals surface area contributed by atoms with Gasteiger partial charge in [0.2, 0.25) is 0 Å². The molecule has 0 saturated heterocycles. The summed E-state index contributed by atoms with van der Waals surface area (Å²) < 4.78 is 1.38. The Morgan fingerprint density at radius 1 is 1.50 bits per heavy atom. The van der Waals surface area contributed by atoms with Gasteiger partial charge in [0.25, 0.3) is 11.5 Å². The van der Waals surface area contributed by atoms with Crippen molar-refractivity contribution in [2.24, 2.45) is 5.73 Å². The minimum atomic E-state index is -0.418. The molecule has 6 nitrogen and oxygen atoms in total. The van der Waals surface area contributed by atoms with Crippen LogP contribution in [0.5, 0.6) is 0 Å². The maximum absolute atomic E-state index is 12.4. The van der Waals surface area contributed by atoms with Gasteiger partial charge in [-0.25, -0.2) is 4.98 Å². The van der Waals surface area contributed by atoms with Crippen LogP contribution in [0.25, 0.3) is 5.65 Å². The Morgan fingerprint density at radius 3 is 2.95 bits per heavy atom. The highest BCUT2D eigenvalue weighted by Gasteiger charge is 2.16. The summed E-state index contributed by atoms with van der Waals surface area (Å²) in [4.78, 5) is 28.9. The van der Waals surface area contributed by atoms with Crippen molar-refractivity contribution in [1.29, 1.82) is 0 Å². The normalized spacial score (nSPS) is 12.3. The number of pyridine rings is 1. The van der Waals surface area contributed by atoms with E-state index in [0.717, 1.165) is 24.8 Å². The highest BCUT2D eigenvalue weighted by Crippen LogP contribution is 2.04. The Labute approximate surface area is 129 Å². The maximum atomic E-state index is 12.4. The molecule has 118 valence electrons. The number of carbonyl (C=O) groups excluding carboxylic acids is 1. The quantitative estimate of drug-likeness (QED) is 0.840. The summed E-state index contributed by atoms with van der Waals surface area (Å²) in [7, 11) is 0. The van der Waals surface area contributed by atoms with E-state index in [1.54, 1.807) is 12.3 Å². The predicted molar refractivity (Wildman–Crippen MR) is 86.0 cm³/mol. The van der Waals surface area contributed by atoms with Gasteiger partial charge >= 0.3 is 0 Å². The molecule has 2 aromatic heterocycles. The number of nitrogens with one attached hydrogen (secondary N) is 1. The average molecular weight is 302 g/mol. The molecule has 1 unspecified atom stereocenters. The van der Waals surface area contributed by atoms with E-state index >= 15 is 0 Å². The molecular weight excluding hydrogens is 280 g/mol. The molecule has 22 heavy (non-hydrogen) atoms. The molecule has 1 atom stereocenters. The molecule has 2 heterocycles. The van der Waals surface area contributed by atoms with E-state index in [1.165, 1.54) is 10.6 Å². The number of carbonyl (C=O) groups is 1. The molecule has 0 aliphatic rings. The number of unbranched alkanes of at least 4 members (excludes halogenated alkanes) is 1. The van der Waals surface area contributed by atoms with Crippen molar-refractivity contribution in [2.45, 2.75) is 39.2 Å². The number of aryl methyl sites for hydroxylation is 1. The molecule has 3 N–H and O–H groups in total. The summed E-state index contributed by atoms with van der Waals surface area (Å²) in [6, 6.07) is 3.49. The van der Waals surface area contributed by atoms with Gasteiger partial charge in [0, 0.05) is 25.0 Å². The third kappa shape index (κ3) is 3.51. The van der Waals surface area contributed by atoms with Crippen molar-refractivity contribution in [2.75, 3.05) is 6.54 Å². The number of hydrogen-bond donors (Lipinski definition) is 2. The van der Waals surface area contributed by atoms with Crippen LogP contribution in [-0.4, -0.2) is 27.9 Å². The molecule has 0 radical (unpaired) electrons. The molecule has 0 fully saturated rings. The van der Waals surface area contributed by atoms with Crippen LogP contribution >= 0.6 is 0 Å². The lowest BCUT2D eigenvalue weighted by atomic mass is 10.1. The lowest BCUT2D eigenvalue weighted by molar-refractivity contribution is 0.0933. The summed E-state index contributed by atoms with van der Waals surface area (Å²) >= 11 is 0. The molecule has 0 saturated carbocycles. The highest BCUT2D eigenvalue weighted by atomic mass is 16.2. The van der Waals surface area contributed by atoms with Crippen molar-refractivity contribution in [1.82, 2.24) is 14.7 Å². The molecule has 0 aromatic carbocycles. The van der Waals surface area contributed by atoms with Gasteiger partial charge in [0.05, 0.1) is 0 Å². The number of fused-ring (bicyclic) bond motifs is 1. The van der Waals surface area contributed by atoms with Crippen LogP contribution < -0.4 is 16.6 Å². The molecule has 1 amide bonds. The Morgan fingerprint density at radius 2 is 2.27 bits per heavy atom. The maximum Gasteiger partial charge on any atom is 0.270 e. The lowest BCUT2D eigenvalue weighted by Crippen LogP contribution is -2.42. The van der Waals surface area contributed by atoms with Crippen LogP contribution in [-0.2, 0) is 0 Å². The minimum Gasteiger partial charge on any atom is -0.348 e. The molecule has 0 spiro atoms. The summed E-state index contributed by atoms with van der Waals surface area (Å²) in [5, 5.41) is 2.82. The number of amides is 1. The third-order valence-electron chi connectivity index (χ3n) is 3.64. The minimum absolute atomic E-state index is 0.0382. The van der Waals surface area contributed by atoms with Crippen LogP contribution in [0.4, 0.5) is 0 Å². The van der Waals surface area contributed by atoms with Gasteiger partial charge in [-0.15, -0.1) is 0 Å². The zero-order chi connectivity index (χ0) is 16.1. The van der Waals surface area contributed by atoms with E-state index < -0.39 is 5.91 Å². The monoisotopic (exact) mass is 302 g/mol. The molecular formula is C16H22N4O2. The molecule has 0 aliphatic heterocycles. The Hall–Kier alpha value is -2.21. The topological polar surface area (TPSA) is 89.5 Å². The number of nitrogens with zero attached hydrogens (tertiary/aromatic N) is 2. The second-order valence-corrected chi connectivity index (χ2v) is 5.46. The fourth-order valence-corrected chi connectivity index (χ4v) is 2.30. The second kappa shape index (κ2) is 7.17. The van der Waals surface area contributed by atoms with Crippen LogP contribution in [0.1, 0.15) is 42.1 Å². The molecule has 6 heteroatoms. The van der Waals surface area contributed by atoms with Crippen LogP contribution in [0.3, 0.4) is 0 Å². The highest BCUT2D eigenvalue weighted by molar-refractivity contribution is 5.93. The van der Waals surface area contributed by atoms with Gasteiger partial charge < -0.3 is 11.1 Å². The van der Waals surface area contributed by atoms with Gasteiger partial charge in [0.1, 0.15) is 11.2 Å². The molecule has 2 aromatic rings. The summed E-state index contributed by atoms with van der Waals surface area (Å²) in [6.45, 7) is 4.36. The summed E-state index contributed by atoms with van der Waals surface area (Å²) in [6.07, 6.45) is 5.79.